The van der Waals surface area contributed by atoms with Crippen LogP contribution in [0.3, 0.4) is 0 Å². The van der Waals surface area contributed by atoms with E-state index in [1.807, 2.05) is 51.4 Å². The van der Waals surface area contributed by atoms with Crippen molar-refractivity contribution in [1.29, 1.82) is 0 Å². The van der Waals surface area contributed by atoms with Crippen LogP contribution in [0.1, 0.15) is 21.7 Å². The third-order valence-electron chi connectivity index (χ3n) is 3.15. The van der Waals surface area contributed by atoms with Crippen molar-refractivity contribution >= 4 is 5.97 Å². The van der Waals surface area contributed by atoms with Crippen LogP contribution in [0.25, 0.3) is 0 Å². The van der Waals surface area contributed by atoms with Crippen LogP contribution < -0.4 is 0 Å². The Morgan fingerprint density at radius 2 is 2.00 bits per heavy atom. The maximum absolute atomic E-state index is 12.0. The van der Waals surface area contributed by atoms with Gasteiger partial charge in [-0.25, -0.2) is 9.48 Å². The minimum absolute atomic E-state index is 0.240. The summed E-state index contributed by atoms with van der Waals surface area (Å²) in [7, 11) is 3.97. The molecular weight excluding hydrogens is 268 g/mol. The van der Waals surface area contributed by atoms with Gasteiger partial charge in [0.05, 0.1) is 12.2 Å². The van der Waals surface area contributed by atoms with Crippen molar-refractivity contribution in [2.75, 3.05) is 20.6 Å². The number of carbonyl (C=O) groups is 1. The van der Waals surface area contributed by atoms with Crippen LogP contribution in [0.15, 0.2) is 30.3 Å². The van der Waals surface area contributed by atoms with Crippen molar-refractivity contribution < 1.29 is 9.53 Å². The van der Waals surface area contributed by atoms with E-state index in [0.29, 0.717) is 6.54 Å². The number of esters is 1. The van der Waals surface area contributed by atoms with Gasteiger partial charge >= 0.3 is 5.97 Å². The third-order valence-corrected chi connectivity index (χ3v) is 3.15. The average Bonchev–Trinajstić information content (AvgIpc) is 2.85. The van der Waals surface area contributed by atoms with E-state index in [9.17, 15) is 4.79 Å². The summed E-state index contributed by atoms with van der Waals surface area (Å²) in [4.78, 5) is 14.1. The van der Waals surface area contributed by atoms with Crippen molar-refractivity contribution in [3.63, 3.8) is 0 Å². The second-order valence-electron chi connectivity index (χ2n) is 5.11. The van der Waals surface area contributed by atoms with Crippen LogP contribution in [-0.4, -0.2) is 46.5 Å². The molecule has 1 aromatic carbocycles. The number of carbonyl (C=O) groups excluding carboxylic acids is 1. The fraction of sp³-hybridized carbons (Fsp3) is 0.400. The molecule has 0 bridgehead atoms. The first-order chi connectivity index (χ1) is 10.1. The topological polar surface area (TPSA) is 60.2 Å². The van der Waals surface area contributed by atoms with Crippen molar-refractivity contribution in [1.82, 2.24) is 19.9 Å². The lowest BCUT2D eigenvalue weighted by molar-refractivity contribution is 0.0464. The van der Waals surface area contributed by atoms with Gasteiger partial charge in [-0.2, -0.15) is 0 Å². The van der Waals surface area contributed by atoms with Crippen molar-refractivity contribution in [3.05, 3.63) is 47.3 Å². The fourth-order valence-corrected chi connectivity index (χ4v) is 1.85. The molecule has 0 spiro atoms. The third kappa shape index (κ3) is 4.13. The van der Waals surface area contributed by atoms with Gasteiger partial charge in [-0.3, -0.25) is 0 Å². The van der Waals surface area contributed by atoms with Crippen molar-refractivity contribution in [2.45, 2.75) is 20.1 Å². The zero-order valence-corrected chi connectivity index (χ0v) is 12.6. The standard InChI is InChI=1S/C15H20N4O2/c1-12-14(16-17-19(12)10-9-18(2)3)15(20)21-11-13-7-5-4-6-8-13/h4-8H,9-11H2,1-3H3. The second kappa shape index (κ2) is 6.99. The summed E-state index contributed by atoms with van der Waals surface area (Å²) >= 11 is 0. The number of aromatic nitrogens is 3. The molecule has 0 saturated heterocycles. The number of ether oxygens (including phenoxy) is 1. The van der Waals surface area contributed by atoms with Crippen LogP contribution in [0.2, 0.25) is 0 Å². The van der Waals surface area contributed by atoms with Gasteiger partial charge in [-0.05, 0) is 26.6 Å². The number of hydrogen-bond acceptors (Lipinski definition) is 5. The molecule has 0 aliphatic rings. The molecule has 21 heavy (non-hydrogen) atoms. The van der Waals surface area contributed by atoms with E-state index in [1.165, 1.54) is 0 Å². The predicted molar refractivity (Wildman–Crippen MR) is 78.9 cm³/mol. The summed E-state index contributed by atoms with van der Waals surface area (Å²) in [5.41, 5.74) is 1.96. The van der Waals surface area contributed by atoms with Gasteiger partial charge in [-0.15, -0.1) is 5.10 Å². The molecule has 6 heteroatoms. The largest absolute Gasteiger partial charge is 0.456 e. The first-order valence-corrected chi connectivity index (χ1v) is 6.84. The van der Waals surface area contributed by atoms with Crippen molar-refractivity contribution in [2.24, 2.45) is 0 Å². The minimum atomic E-state index is -0.438. The van der Waals surface area contributed by atoms with Gasteiger partial charge in [0.2, 0.25) is 0 Å². The first kappa shape index (κ1) is 15.2. The van der Waals surface area contributed by atoms with Gasteiger partial charge in [0.15, 0.2) is 5.69 Å². The second-order valence-corrected chi connectivity index (χ2v) is 5.11. The van der Waals surface area contributed by atoms with E-state index >= 15 is 0 Å². The van der Waals surface area contributed by atoms with E-state index in [2.05, 4.69) is 15.2 Å². The summed E-state index contributed by atoms with van der Waals surface area (Å²) < 4.78 is 6.99. The molecule has 0 radical (unpaired) electrons. The first-order valence-electron chi connectivity index (χ1n) is 6.84. The molecule has 0 saturated carbocycles. The van der Waals surface area contributed by atoms with Crippen molar-refractivity contribution in [3.8, 4) is 0 Å². The summed E-state index contributed by atoms with van der Waals surface area (Å²) in [5, 5.41) is 7.93. The quantitative estimate of drug-likeness (QED) is 0.754. The Bertz CT molecular complexity index is 593. The van der Waals surface area contributed by atoms with Crippen LogP contribution in [0.5, 0.6) is 0 Å². The van der Waals surface area contributed by atoms with E-state index in [1.54, 1.807) is 4.68 Å². The molecule has 2 rings (SSSR count). The van der Waals surface area contributed by atoms with Crippen LogP contribution in [0.4, 0.5) is 0 Å². The molecule has 1 heterocycles. The molecule has 0 atom stereocenters. The molecule has 0 N–H and O–H groups in total. The lowest BCUT2D eigenvalue weighted by atomic mass is 10.2. The van der Waals surface area contributed by atoms with Gasteiger partial charge in [-0.1, -0.05) is 35.5 Å². The Kier molecular flexibility index (Phi) is 5.05. The lowest BCUT2D eigenvalue weighted by Crippen LogP contribution is -2.20. The Balaban J connectivity index is 1.96. The number of nitrogens with zero attached hydrogens (tertiary/aromatic N) is 4. The smallest absolute Gasteiger partial charge is 0.361 e. The Morgan fingerprint density at radius 1 is 1.29 bits per heavy atom. The van der Waals surface area contributed by atoms with Gasteiger partial charge in [0, 0.05) is 6.54 Å². The van der Waals surface area contributed by atoms with Gasteiger partial charge < -0.3 is 9.64 Å². The maximum Gasteiger partial charge on any atom is 0.361 e. The maximum atomic E-state index is 12.0. The van der Waals surface area contributed by atoms with Crippen LogP contribution >= 0.6 is 0 Å². The summed E-state index contributed by atoms with van der Waals surface area (Å²) in [6.07, 6.45) is 0. The van der Waals surface area contributed by atoms with E-state index in [-0.39, 0.29) is 12.3 Å². The number of benzene rings is 1. The molecule has 2 aromatic rings. The molecule has 112 valence electrons. The highest BCUT2D eigenvalue weighted by Crippen LogP contribution is 2.08. The number of likely N-dealkylation sites (N-methyl/N-ethyl adjacent to an activating group) is 1. The summed E-state index contributed by atoms with van der Waals surface area (Å²) in [6, 6.07) is 9.56. The molecular formula is C15H20N4O2. The van der Waals surface area contributed by atoms with E-state index in [4.69, 9.17) is 4.74 Å². The molecule has 0 unspecified atom stereocenters. The molecule has 0 fully saturated rings. The molecule has 0 amide bonds. The Hall–Kier alpha value is -2.21. The number of hydrogen-bond donors (Lipinski definition) is 0. The zero-order valence-electron chi connectivity index (χ0n) is 12.6. The fourth-order valence-electron chi connectivity index (χ4n) is 1.85. The zero-order chi connectivity index (χ0) is 15.2. The lowest BCUT2D eigenvalue weighted by Gasteiger charge is -2.09. The average molecular weight is 288 g/mol. The number of rotatable bonds is 6. The highest BCUT2D eigenvalue weighted by molar-refractivity contribution is 5.88. The predicted octanol–water partition coefficient (Wildman–Crippen LogP) is 1.51. The minimum Gasteiger partial charge on any atom is -0.456 e. The SMILES string of the molecule is Cc1c(C(=O)OCc2ccccc2)nnn1CCN(C)C. The van der Waals surface area contributed by atoms with E-state index < -0.39 is 5.97 Å². The molecule has 6 nitrogen and oxygen atoms in total. The Labute approximate surface area is 124 Å². The normalized spacial score (nSPS) is 10.9. The highest BCUT2D eigenvalue weighted by atomic mass is 16.5. The molecule has 0 aliphatic heterocycles. The van der Waals surface area contributed by atoms with Crippen LogP contribution in [0, 0.1) is 6.92 Å². The van der Waals surface area contributed by atoms with E-state index in [0.717, 1.165) is 17.8 Å². The van der Waals surface area contributed by atoms with Gasteiger partial charge in [0.1, 0.15) is 6.61 Å². The highest BCUT2D eigenvalue weighted by Gasteiger charge is 2.17. The Morgan fingerprint density at radius 3 is 2.67 bits per heavy atom. The monoisotopic (exact) mass is 288 g/mol. The van der Waals surface area contributed by atoms with Gasteiger partial charge in [0.25, 0.3) is 0 Å². The van der Waals surface area contributed by atoms with Crippen LogP contribution in [-0.2, 0) is 17.9 Å². The summed E-state index contributed by atoms with van der Waals surface area (Å²) in [6.45, 7) is 3.60. The molecule has 0 aliphatic carbocycles. The summed E-state index contributed by atoms with van der Waals surface area (Å²) in [5.74, 6) is -0.438. The molecule has 1 aromatic heterocycles.